The predicted molar refractivity (Wildman–Crippen MR) is 239 cm³/mol. The smallest absolute Gasteiger partial charge is 0.506 e. The molecule has 0 bridgehead atoms. The molecule has 7 heteroatoms. The van der Waals surface area contributed by atoms with Crippen LogP contribution in [0.25, 0.3) is 22.3 Å². The number of hydrogen-bond acceptors (Lipinski definition) is 6. The first-order chi connectivity index (χ1) is 27.0. The summed E-state index contributed by atoms with van der Waals surface area (Å²) in [6, 6.07) is 37.7. The zero-order valence-corrected chi connectivity index (χ0v) is 37.5. The van der Waals surface area contributed by atoms with Gasteiger partial charge in [-0.15, -0.1) is 13.3 Å². The average molecular weight is 950 g/mol. The minimum Gasteiger partial charge on any atom is -0.506 e. The fourth-order valence-electron chi connectivity index (χ4n) is 8.57. The Balaban J connectivity index is 0.00000512. The number of phenols is 2. The van der Waals surface area contributed by atoms with Gasteiger partial charge in [0.05, 0.1) is 11.4 Å². The third-order valence-electron chi connectivity index (χ3n) is 11.6. The van der Waals surface area contributed by atoms with E-state index in [0.717, 1.165) is 45.3 Å². The molecule has 0 aliphatic carbocycles. The van der Waals surface area contributed by atoms with Crippen molar-refractivity contribution in [1.82, 2.24) is 0 Å². The van der Waals surface area contributed by atoms with Gasteiger partial charge in [-0.25, -0.2) is 0 Å². The van der Waals surface area contributed by atoms with Gasteiger partial charge < -0.3 is 29.8 Å². The largest absolute Gasteiger partial charge is 2.00 e. The summed E-state index contributed by atoms with van der Waals surface area (Å²) in [5.41, 5.74) is 17.6. The number of fused-ring (bicyclic) bond motifs is 2. The van der Waals surface area contributed by atoms with E-state index in [0.29, 0.717) is 6.67 Å². The maximum atomic E-state index is 11.4. The summed E-state index contributed by atoms with van der Waals surface area (Å²) in [4.78, 5) is 8.61. The van der Waals surface area contributed by atoms with Crippen molar-refractivity contribution in [1.29, 1.82) is 0 Å². The first kappa shape index (κ1) is 41.0. The van der Waals surface area contributed by atoms with Crippen LogP contribution >= 0.6 is 0 Å². The molecule has 0 atom stereocenters. The van der Waals surface area contributed by atoms with Gasteiger partial charge in [0.2, 0.25) is 0 Å². The van der Waals surface area contributed by atoms with E-state index in [1.54, 1.807) is 0 Å². The Kier molecular flexibility index (Phi) is 10.7. The van der Waals surface area contributed by atoms with Crippen molar-refractivity contribution < 1.29 is 31.3 Å². The van der Waals surface area contributed by atoms with Gasteiger partial charge in [-0.2, -0.15) is 0 Å². The summed E-state index contributed by atoms with van der Waals surface area (Å²) in [6.45, 7) is 26.9. The second kappa shape index (κ2) is 15.2. The standard InChI is InChI=1S/C51H54N4O2.Pt/c1-32-23-38(50(5,6)7)24-33(2)48(32)36-19-21-46(56)44(27-36)54-30-52(40-15-11-13-17-42(40)54)29-53-31-55(43-18-14-12-16-41(43)53)45-28-37(20-22-47(45)57)49-34(3)25-39(26-35(49)4)51(8,9)10;/h11-28,30-31,56-57H,29H2,1-10H3;/q-2;+2. The van der Waals surface area contributed by atoms with Gasteiger partial charge in [-0.05, 0) is 143 Å². The van der Waals surface area contributed by atoms with Crippen molar-refractivity contribution in [2.45, 2.75) is 80.1 Å². The minimum atomic E-state index is 0. The van der Waals surface area contributed by atoms with Crippen molar-refractivity contribution >= 4 is 34.1 Å². The van der Waals surface area contributed by atoms with E-state index >= 15 is 0 Å². The molecule has 2 N–H and O–H groups in total. The topological polar surface area (TPSA) is 53.4 Å². The SMILES string of the molecule is Cc1cc(C(C)(C)C)cc(C)c1-c1ccc(O)c(N2[CH-]N(CN3[CH-]N(c4cc(-c5c(C)cc(C(C)(C)C)cc5C)ccc4O)c4ccccc43)c3ccccc32)c1.[Pt+2]. The normalized spacial score (nSPS) is 13.8. The fourth-order valence-corrected chi connectivity index (χ4v) is 8.57. The van der Waals surface area contributed by atoms with E-state index in [4.69, 9.17) is 0 Å². The second-order valence-electron chi connectivity index (χ2n) is 17.9. The predicted octanol–water partition coefficient (Wildman–Crippen LogP) is 13.1. The van der Waals surface area contributed by atoms with Gasteiger partial charge in [0.25, 0.3) is 0 Å². The number of aryl methyl sites for hydroxylation is 4. The molecule has 8 rings (SSSR count). The zero-order valence-electron chi connectivity index (χ0n) is 35.3. The third kappa shape index (κ3) is 7.37. The van der Waals surface area contributed by atoms with Crippen LogP contribution in [0.2, 0.25) is 0 Å². The molecule has 0 unspecified atom stereocenters. The van der Waals surface area contributed by atoms with E-state index in [1.165, 1.54) is 44.5 Å². The zero-order chi connectivity index (χ0) is 40.6. The maximum absolute atomic E-state index is 11.4. The number of phenolic OH excluding ortho intramolecular Hbond substituents is 2. The van der Waals surface area contributed by atoms with Crippen LogP contribution in [-0.4, -0.2) is 16.9 Å². The molecule has 0 aromatic heterocycles. The first-order valence-corrected chi connectivity index (χ1v) is 19.9. The fraction of sp³-hybridized carbons (Fsp3) is 0.255. The van der Waals surface area contributed by atoms with Crippen molar-refractivity contribution in [3.05, 3.63) is 156 Å². The van der Waals surface area contributed by atoms with Gasteiger partial charge in [0, 0.05) is 29.4 Å². The van der Waals surface area contributed by atoms with Gasteiger partial charge in [0.1, 0.15) is 11.5 Å². The van der Waals surface area contributed by atoms with Crippen LogP contribution in [0.3, 0.4) is 0 Å². The molecule has 0 spiro atoms. The quantitative estimate of drug-likeness (QED) is 0.162. The summed E-state index contributed by atoms with van der Waals surface area (Å²) in [5.74, 6) is 0.429. The molecule has 0 amide bonds. The first-order valence-electron chi connectivity index (χ1n) is 19.9. The van der Waals surface area contributed by atoms with Crippen molar-refractivity contribution in [3.8, 4) is 33.8 Å². The molecule has 58 heavy (non-hydrogen) atoms. The van der Waals surface area contributed by atoms with Crippen LogP contribution in [0.1, 0.15) is 74.9 Å². The number of aromatic hydroxyl groups is 2. The Morgan fingerprint density at radius 3 is 1.10 bits per heavy atom. The average Bonchev–Trinajstić information content (AvgIpc) is 3.70. The van der Waals surface area contributed by atoms with Crippen molar-refractivity contribution in [3.63, 3.8) is 0 Å². The minimum absolute atomic E-state index is 0. The Labute approximate surface area is 359 Å². The molecule has 0 saturated carbocycles. The number of benzene rings is 6. The Morgan fingerprint density at radius 1 is 0.448 bits per heavy atom. The van der Waals surface area contributed by atoms with Gasteiger partial charge in [-0.3, -0.25) is 0 Å². The van der Waals surface area contributed by atoms with Gasteiger partial charge in [0.15, 0.2) is 0 Å². The van der Waals surface area contributed by atoms with Crippen LogP contribution in [0, 0.1) is 41.0 Å². The molecule has 0 fully saturated rings. The molecule has 2 aliphatic heterocycles. The molecule has 0 radical (unpaired) electrons. The summed E-state index contributed by atoms with van der Waals surface area (Å²) in [5, 5.41) is 22.8. The van der Waals surface area contributed by atoms with Crippen LogP contribution in [-0.2, 0) is 31.9 Å². The number of hydrogen-bond donors (Lipinski definition) is 2. The van der Waals surface area contributed by atoms with E-state index in [-0.39, 0.29) is 43.4 Å². The van der Waals surface area contributed by atoms with Crippen LogP contribution in [0.5, 0.6) is 11.5 Å². The van der Waals surface area contributed by atoms with Crippen LogP contribution < -0.4 is 19.6 Å². The number of anilines is 6. The monoisotopic (exact) mass is 949 g/mol. The van der Waals surface area contributed by atoms with Gasteiger partial charge in [-0.1, -0.05) is 102 Å². The van der Waals surface area contributed by atoms with Gasteiger partial charge >= 0.3 is 21.1 Å². The maximum Gasteiger partial charge on any atom is 2.00 e. The molecular weight excluding hydrogens is 896 g/mol. The molecule has 2 heterocycles. The number of nitrogens with zero attached hydrogens (tertiary/aromatic N) is 4. The Bertz CT molecular complexity index is 2310. The molecule has 6 nitrogen and oxygen atoms in total. The number of rotatable bonds is 6. The summed E-state index contributed by atoms with van der Waals surface area (Å²) >= 11 is 0. The van der Waals surface area contributed by atoms with Crippen LogP contribution in [0.4, 0.5) is 34.1 Å². The molecule has 6 aromatic carbocycles. The van der Waals surface area contributed by atoms with E-state index < -0.39 is 0 Å². The van der Waals surface area contributed by atoms with Crippen molar-refractivity contribution in [2.24, 2.45) is 0 Å². The summed E-state index contributed by atoms with van der Waals surface area (Å²) in [6.07, 6.45) is 0. The molecule has 2 aliphatic rings. The summed E-state index contributed by atoms with van der Waals surface area (Å²) < 4.78 is 0. The molecular formula is C51H54N4O2Pt. The second-order valence-corrected chi connectivity index (χ2v) is 17.9. The van der Waals surface area contributed by atoms with E-state index in [9.17, 15) is 10.2 Å². The van der Waals surface area contributed by atoms with Crippen LogP contribution in [0.15, 0.2) is 109 Å². The Hall–Kier alpha value is -5.19. The molecule has 6 aromatic rings. The van der Waals surface area contributed by atoms with E-state index in [1.807, 2.05) is 36.4 Å². The van der Waals surface area contributed by atoms with E-state index in [2.05, 4.69) is 175 Å². The third-order valence-corrected chi connectivity index (χ3v) is 11.6. The van der Waals surface area contributed by atoms with Crippen molar-refractivity contribution in [2.75, 3.05) is 26.3 Å². The molecule has 300 valence electrons. The molecule has 0 saturated heterocycles. The number of para-hydroxylation sites is 4. The Morgan fingerprint density at radius 2 is 0.776 bits per heavy atom. The summed E-state index contributed by atoms with van der Waals surface area (Å²) in [7, 11) is 0.